The molecule has 0 aliphatic heterocycles. The van der Waals surface area contributed by atoms with Gasteiger partial charge in [0, 0.05) is 0 Å². The predicted molar refractivity (Wildman–Crippen MR) is 121 cm³/mol. The molecule has 0 saturated carbocycles. The molecule has 0 heterocycles. The van der Waals surface area contributed by atoms with Gasteiger partial charge in [-0.25, -0.2) is 0 Å². The molecule has 0 N–H and O–H groups in total. The summed E-state index contributed by atoms with van der Waals surface area (Å²) in [6.45, 7) is 4.69. The van der Waals surface area contributed by atoms with Crippen LogP contribution in [0, 0.1) is 0 Å². The van der Waals surface area contributed by atoms with Crippen LogP contribution in [0.4, 0.5) is 5.69 Å². The second kappa shape index (κ2) is 9.27. The van der Waals surface area contributed by atoms with E-state index in [2.05, 4.69) is 44.2 Å². The molecule has 1 atom stereocenters. The third kappa shape index (κ3) is 4.47. The van der Waals surface area contributed by atoms with Gasteiger partial charge < -0.3 is 0 Å². The van der Waals surface area contributed by atoms with E-state index in [1.165, 1.54) is 16.2 Å². The fourth-order valence-corrected chi connectivity index (χ4v) is 4.13. The Labute approximate surface area is 179 Å². The lowest BCUT2D eigenvalue weighted by Crippen LogP contribution is -2.36. The molecule has 0 spiro atoms. The lowest BCUT2D eigenvalue weighted by Gasteiger charge is -2.30. The van der Waals surface area contributed by atoms with E-state index < -0.39 is 0 Å². The molecule has 0 saturated heterocycles. The van der Waals surface area contributed by atoms with Crippen molar-refractivity contribution in [3.63, 3.8) is 0 Å². The van der Waals surface area contributed by atoms with Crippen molar-refractivity contribution in [3.05, 3.63) is 101 Å². The minimum atomic E-state index is -0.171. The highest BCUT2D eigenvalue weighted by Gasteiger charge is 2.31. The van der Waals surface area contributed by atoms with Crippen LogP contribution in [0.2, 0.25) is 0 Å². The number of anilines is 1. The van der Waals surface area contributed by atoms with Gasteiger partial charge in [-0.1, -0.05) is 80.6 Å². The molecule has 0 bridgehead atoms. The summed E-state index contributed by atoms with van der Waals surface area (Å²) in [6.07, 6.45) is 2.91. The zero-order valence-corrected chi connectivity index (χ0v) is 17.8. The Hall–Kier alpha value is -2.91. The summed E-state index contributed by atoms with van der Waals surface area (Å²) < 4.78 is 0. The molecule has 0 radical (unpaired) electrons. The molecular weight excluding hydrogens is 370 g/mol. The Morgan fingerprint density at radius 2 is 1.67 bits per heavy atom. The van der Waals surface area contributed by atoms with Crippen LogP contribution in [-0.2, 0) is 22.7 Å². The molecule has 4 rings (SSSR count). The second-order valence-corrected chi connectivity index (χ2v) is 8.28. The van der Waals surface area contributed by atoms with Gasteiger partial charge in [0.1, 0.15) is 6.61 Å². The van der Waals surface area contributed by atoms with Crippen LogP contribution < -0.4 is 5.06 Å². The van der Waals surface area contributed by atoms with E-state index in [9.17, 15) is 4.79 Å². The van der Waals surface area contributed by atoms with Gasteiger partial charge in [-0.3, -0.25) is 9.63 Å². The third-order valence-corrected chi connectivity index (χ3v) is 5.87. The minimum absolute atomic E-state index is 0.00961. The van der Waals surface area contributed by atoms with Crippen molar-refractivity contribution in [3.8, 4) is 0 Å². The summed E-state index contributed by atoms with van der Waals surface area (Å²) in [4.78, 5) is 19.8. The highest BCUT2D eigenvalue weighted by atomic mass is 16.7. The zero-order valence-electron chi connectivity index (χ0n) is 17.8. The van der Waals surface area contributed by atoms with Gasteiger partial charge in [0.15, 0.2) is 0 Å². The van der Waals surface area contributed by atoms with Crippen molar-refractivity contribution in [2.75, 3.05) is 5.06 Å². The van der Waals surface area contributed by atoms with Gasteiger partial charge in [0.25, 0.3) is 5.91 Å². The van der Waals surface area contributed by atoms with Gasteiger partial charge in [-0.05, 0) is 59.6 Å². The standard InChI is InChI=1S/C27H29NO2/c1-20(2)22-15-17-24(18-16-22)28(30-19-21-9-4-3-5-10-21)27(29)26-14-8-12-23-11-6-7-13-25(23)26/h3-7,9-11,13,15-18,20,26H,8,12,14,19H2,1-2H3. The molecule has 3 heteroatoms. The van der Waals surface area contributed by atoms with Gasteiger partial charge in [-0.15, -0.1) is 0 Å². The first-order chi connectivity index (χ1) is 14.6. The molecule has 1 amide bonds. The normalized spacial score (nSPS) is 15.6. The Morgan fingerprint density at radius 3 is 2.40 bits per heavy atom. The van der Waals surface area contributed by atoms with E-state index in [-0.39, 0.29) is 11.8 Å². The number of rotatable bonds is 6. The Morgan fingerprint density at radius 1 is 0.967 bits per heavy atom. The van der Waals surface area contributed by atoms with Crippen molar-refractivity contribution in [2.24, 2.45) is 0 Å². The van der Waals surface area contributed by atoms with Crippen LogP contribution in [0.1, 0.15) is 60.8 Å². The number of benzene rings is 3. The van der Waals surface area contributed by atoms with E-state index in [0.29, 0.717) is 12.5 Å². The number of carbonyl (C=O) groups is 1. The molecule has 1 aliphatic rings. The van der Waals surface area contributed by atoms with Gasteiger partial charge >= 0.3 is 0 Å². The van der Waals surface area contributed by atoms with E-state index in [4.69, 9.17) is 4.84 Å². The Bertz CT molecular complexity index is 979. The minimum Gasteiger partial charge on any atom is -0.271 e. The number of hydrogen-bond acceptors (Lipinski definition) is 2. The maximum Gasteiger partial charge on any atom is 0.258 e. The summed E-state index contributed by atoms with van der Waals surface area (Å²) >= 11 is 0. The lowest BCUT2D eigenvalue weighted by atomic mass is 9.82. The van der Waals surface area contributed by atoms with E-state index in [1.54, 1.807) is 0 Å². The van der Waals surface area contributed by atoms with Gasteiger partial charge in [0.2, 0.25) is 0 Å². The van der Waals surface area contributed by atoms with E-state index in [1.807, 2.05) is 48.5 Å². The molecule has 30 heavy (non-hydrogen) atoms. The maximum atomic E-state index is 13.7. The molecule has 0 aromatic heterocycles. The molecule has 3 aromatic rings. The number of carbonyl (C=O) groups excluding carboxylic acids is 1. The Kier molecular flexibility index (Phi) is 6.29. The molecule has 0 fully saturated rings. The molecule has 3 nitrogen and oxygen atoms in total. The summed E-state index contributed by atoms with van der Waals surface area (Å²) in [6, 6.07) is 26.4. The summed E-state index contributed by atoms with van der Waals surface area (Å²) in [7, 11) is 0. The first-order valence-electron chi connectivity index (χ1n) is 10.8. The molecule has 1 unspecified atom stereocenters. The second-order valence-electron chi connectivity index (χ2n) is 8.28. The topological polar surface area (TPSA) is 29.5 Å². The number of amides is 1. The largest absolute Gasteiger partial charge is 0.271 e. The first kappa shape index (κ1) is 20.4. The smallest absolute Gasteiger partial charge is 0.258 e. The van der Waals surface area contributed by atoms with Crippen molar-refractivity contribution >= 4 is 11.6 Å². The van der Waals surface area contributed by atoms with Gasteiger partial charge in [0.05, 0.1) is 11.6 Å². The molecule has 154 valence electrons. The average molecular weight is 400 g/mol. The SMILES string of the molecule is CC(C)c1ccc(N(OCc2ccccc2)C(=O)C2CCCc3ccccc32)cc1. The number of hydroxylamine groups is 1. The van der Waals surface area contributed by atoms with Crippen LogP contribution in [0.15, 0.2) is 78.9 Å². The first-order valence-corrected chi connectivity index (χ1v) is 10.8. The summed E-state index contributed by atoms with van der Waals surface area (Å²) in [5.74, 6) is 0.282. The van der Waals surface area contributed by atoms with E-state index in [0.717, 1.165) is 36.1 Å². The molecule has 1 aliphatic carbocycles. The number of fused-ring (bicyclic) bond motifs is 1. The summed E-state index contributed by atoms with van der Waals surface area (Å²) in [5.41, 5.74) is 5.49. The fourth-order valence-electron chi connectivity index (χ4n) is 4.13. The van der Waals surface area contributed by atoms with Crippen LogP contribution >= 0.6 is 0 Å². The molecule has 3 aromatic carbocycles. The van der Waals surface area contributed by atoms with Crippen molar-refractivity contribution in [1.82, 2.24) is 0 Å². The monoisotopic (exact) mass is 399 g/mol. The Balaban J connectivity index is 1.63. The fraction of sp³-hybridized carbons (Fsp3) is 0.296. The highest BCUT2D eigenvalue weighted by molar-refractivity contribution is 5.96. The van der Waals surface area contributed by atoms with E-state index >= 15 is 0 Å². The summed E-state index contributed by atoms with van der Waals surface area (Å²) in [5, 5.41) is 1.52. The van der Waals surface area contributed by atoms with Crippen molar-refractivity contribution in [2.45, 2.75) is 51.6 Å². The number of nitrogens with zero attached hydrogens (tertiary/aromatic N) is 1. The van der Waals surface area contributed by atoms with Crippen LogP contribution in [0.25, 0.3) is 0 Å². The molecular formula is C27H29NO2. The predicted octanol–water partition coefficient (Wildman–Crippen LogP) is 6.39. The van der Waals surface area contributed by atoms with Crippen molar-refractivity contribution < 1.29 is 9.63 Å². The van der Waals surface area contributed by atoms with Gasteiger partial charge in [-0.2, -0.15) is 5.06 Å². The average Bonchev–Trinajstić information content (AvgIpc) is 2.79. The number of hydrogen-bond donors (Lipinski definition) is 0. The van der Waals surface area contributed by atoms with Crippen LogP contribution in [-0.4, -0.2) is 5.91 Å². The third-order valence-electron chi connectivity index (χ3n) is 5.87. The quantitative estimate of drug-likeness (QED) is 0.449. The highest BCUT2D eigenvalue weighted by Crippen LogP contribution is 2.34. The maximum absolute atomic E-state index is 13.7. The number of aryl methyl sites for hydroxylation is 1. The van der Waals surface area contributed by atoms with Crippen molar-refractivity contribution in [1.29, 1.82) is 0 Å². The van der Waals surface area contributed by atoms with Crippen LogP contribution in [0.5, 0.6) is 0 Å². The lowest BCUT2D eigenvalue weighted by molar-refractivity contribution is -0.128. The van der Waals surface area contributed by atoms with Crippen LogP contribution in [0.3, 0.4) is 0 Å². The zero-order chi connectivity index (χ0) is 20.9.